The summed E-state index contributed by atoms with van der Waals surface area (Å²) in [5.74, 6) is -1.05. The average Bonchev–Trinajstić information content (AvgIpc) is 2.89. The average molecular weight is 340 g/mol. The quantitative estimate of drug-likeness (QED) is 0.904. The molecule has 0 radical (unpaired) electrons. The van der Waals surface area contributed by atoms with Gasteiger partial charge in [-0.1, -0.05) is 5.21 Å². The molecular weight excluding hydrogens is 325 g/mol. The standard InChI is InChI=1S/C14H15F3N6O/c1-7-8-5-3-4-6-9(8)19-13(18-7)20-12(24)10-11(14(15,16)17)23(2)22-21-10/h3-6H2,1-2H3,(H,18,19,20,24). The molecule has 0 aliphatic heterocycles. The molecule has 0 spiro atoms. The molecule has 128 valence electrons. The second kappa shape index (κ2) is 5.84. The smallest absolute Gasteiger partial charge is 0.289 e. The molecule has 0 saturated heterocycles. The van der Waals surface area contributed by atoms with E-state index in [0.717, 1.165) is 49.7 Å². The zero-order chi connectivity index (χ0) is 17.5. The number of nitrogens with one attached hydrogen (secondary N) is 1. The van der Waals surface area contributed by atoms with Gasteiger partial charge in [0.2, 0.25) is 5.95 Å². The zero-order valence-electron chi connectivity index (χ0n) is 13.1. The van der Waals surface area contributed by atoms with Crippen molar-refractivity contribution in [3.8, 4) is 0 Å². The van der Waals surface area contributed by atoms with E-state index < -0.39 is 23.5 Å². The molecule has 0 unspecified atom stereocenters. The molecule has 3 rings (SSSR count). The molecule has 10 heteroatoms. The first kappa shape index (κ1) is 16.3. The molecule has 0 bridgehead atoms. The van der Waals surface area contributed by atoms with Crippen LogP contribution in [0.3, 0.4) is 0 Å². The Hall–Kier alpha value is -2.52. The lowest BCUT2D eigenvalue weighted by Gasteiger charge is -2.17. The van der Waals surface area contributed by atoms with Gasteiger partial charge in [0.15, 0.2) is 11.4 Å². The lowest BCUT2D eigenvalue weighted by atomic mass is 9.95. The van der Waals surface area contributed by atoms with Crippen LogP contribution in [0.1, 0.15) is 46.0 Å². The van der Waals surface area contributed by atoms with Crippen molar-refractivity contribution in [3.63, 3.8) is 0 Å². The number of fused-ring (bicyclic) bond motifs is 1. The fourth-order valence-electron chi connectivity index (χ4n) is 2.83. The number of anilines is 1. The van der Waals surface area contributed by atoms with E-state index >= 15 is 0 Å². The fourth-order valence-corrected chi connectivity index (χ4v) is 2.83. The van der Waals surface area contributed by atoms with Gasteiger partial charge in [-0.25, -0.2) is 14.6 Å². The molecule has 0 fully saturated rings. The van der Waals surface area contributed by atoms with E-state index in [4.69, 9.17) is 0 Å². The van der Waals surface area contributed by atoms with Crippen LogP contribution in [0.5, 0.6) is 0 Å². The van der Waals surface area contributed by atoms with Crippen molar-refractivity contribution >= 4 is 11.9 Å². The lowest BCUT2D eigenvalue weighted by Crippen LogP contribution is -2.22. The van der Waals surface area contributed by atoms with E-state index in [-0.39, 0.29) is 5.95 Å². The van der Waals surface area contributed by atoms with Crippen molar-refractivity contribution < 1.29 is 18.0 Å². The number of hydrogen-bond acceptors (Lipinski definition) is 5. The van der Waals surface area contributed by atoms with Crippen LogP contribution < -0.4 is 5.32 Å². The van der Waals surface area contributed by atoms with Crippen molar-refractivity contribution in [2.24, 2.45) is 7.05 Å². The topological polar surface area (TPSA) is 85.6 Å². The van der Waals surface area contributed by atoms with Crippen molar-refractivity contribution in [3.05, 3.63) is 28.3 Å². The summed E-state index contributed by atoms with van der Waals surface area (Å²) in [6.07, 6.45) is -1.06. The first-order valence-electron chi connectivity index (χ1n) is 7.42. The van der Waals surface area contributed by atoms with Gasteiger partial charge in [-0.3, -0.25) is 10.1 Å². The van der Waals surface area contributed by atoms with Crippen molar-refractivity contribution in [2.45, 2.75) is 38.8 Å². The molecule has 0 atom stereocenters. The maximum atomic E-state index is 13.0. The third-order valence-corrected chi connectivity index (χ3v) is 3.93. The van der Waals surface area contributed by atoms with E-state index in [2.05, 4.69) is 25.6 Å². The number of aromatic nitrogens is 5. The van der Waals surface area contributed by atoms with Crippen molar-refractivity contribution in [1.82, 2.24) is 25.0 Å². The number of aryl methyl sites for hydroxylation is 3. The number of amides is 1. The highest BCUT2D eigenvalue weighted by molar-refractivity contribution is 6.02. The van der Waals surface area contributed by atoms with Gasteiger partial charge in [0, 0.05) is 18.4 Å². The molecule has 1 amide bonds. The summed E-state index contributed by atoms with van der Waals surface area (Å²) in [5.41, 5.74) is 0.595. The van der Waals surface area contributed by atoms with Crippen LogP contribution in [0.4, 0.5) is 19.1 Å². The number of alkyl halides is 3. The maximum absolute atomic E-state index is 13.0. The van der Waals surface area contributed by atoms with Gasteiger partial charge in [0.05, 0.1) is 0 Å². The largest absolute Gasteiger partial charge is 0.435 e. The molecule has 0 saturated carbocycles. The number of nitrogens with zero attached hydrogens (tertiary/aromatic N) is 5. The van der Waals surface area contributed by atoms with Gasteiger partial charge in [0.25, 0.3) is 5.91 Å². The number of carbonyl (C=O) groups is 1. The van der Waals surface area contributed by atoms with Gasteiger partial charge in [-0.05, 0) is 38.2 Å². The summed E-state index contributed by atoms with van der Waals surface area (Å²) in [6, 6.07) is 0. The SMILES string of the molecule is Cc1nc(NC(=O)c2nnn(C)c2C(F)(F)F)nc2c1CCCC2. The molecule has 24 heavy (non-hydrogen) atoms. The highest BCUT2D eigenvalue weighted by Crippen LogP contribution is 2.31. The number of hydrogen-bond donors (Lipinski definition) is 1. The molecule has 2 heterocycles. The van der Waals surface area contributed by atoms with Crippen LogP contribution in [0.25, 0.3) is 0 Å². The van der Waals surface area contributed by atoms with Crippen molar-refractivity contribution in [2.75, 3.05) is 5.32 Å². The van der Waals surface area contributed by atoms with Gasteiger partial charge in [0.1, 0.15) is 0 Å². The van der Waals surface area contributed by atoms with E-state index in [0.29, 0.717) is 4.68 Å². The zero-order valence-corrected chi connectivity index (χ0v) is 13.1. The van der Waals surface area contributed by atoms with Crippen LogP contribution in [-0.4, -0.2) is 30.9 Å². The molecule has 1 aliphatic rings. The predicted molar refractivity (Wildman–Crippen MR) is 77.4 cm³/mol. The van der Waals surface area contributed by atoms with Crippen LogP contribution >= 0.6 is 0 Å². The Balaban J connectivity index is 1.90. The summed E-state index contributed by atoms with van der Waals surface area (Å²) in [4.78, 5) is 20.6. The highest BCUT2D eigenvalue weighted by Gasteiger charge is 2.40. The Morgan fingerprint density at radius 3 is 2.62 bits per heavy atom. The van der Waals surface area contributed by atoms with Crippen LogP contribution in [0, 0.1) is 6.92 Å². The molecule has 1 aliphatic carbocycles. The Morgan fingerprint density at radius 2 is 1.92 bits per heavy atom. The second-order valence-electron chi connectivity index (χ2n) is 5.63. The van der Waals surface area contributed by atoms with Crippen molar-refractivity contribution in [1.29, 1.82) is 0 Å². The predicted octanol–water partition coefficient (Wildman–Crippen LogP) is 2.06. The summed E-state index contributed by atoms with van der Waals surface area (Å²) < 4.78 is 39.6. The first-order valence-corrected chi connectivity index (χ1v) is 7.42. The van der Waals surface area contributed by atoms with E-state index in [1.165, 1.54) is 0 Å². The third-order valence-electron chi connectivity index (χ3n) is 3.93. The normalized spacial score (nSPS) is 14.4. The minimum absolute atomic E-state index is 0.0167. The minimum atomic E-state index is -4.74. The van der Waals surface area contributed by atoms with Crippen LogP contribution in [-0.2, 0) is 26.1 Å². The number of carbonyl (C=O) groups excluding carboxylic acids is 1. The van der Waals surface area contributed by atoms with Gasteiger partial charge in [-0.2, -0.15) is 13.2 Å². The summed E-state index contributed by atoms with van der Waals surface area (Å²) in [5, 5.41) is 8.89. The summed E-state index contributed by atoms with van der Waals surface area (Å²) >= 11 is 0. The van der Waals surface area contributed by atoms with E-state index in [1.54, 1.807) is 6.92 Å². The minimum Gasteiger partial charge on any atom is -0.289 e. The van der Waals surface area contributed by atoms with Gasteiger partial charge >= 0.3 is 6.18 Å². The Morgan fingerprint density at radius 1 is 1.21 bits per heavy atom. The first-order chi connectivity index (χ1) is 11.3. The Kier molecular flexibility index (Phi) is 3.98. The number of halogens is 3. The van der Waals surface area contributed by atoms with Gasteiger partial charge in [-0.15, -0.1) is 5.10 Å². The second-order valence-corrected chi connectivity index (χ2v) is 5.63. The van der Waals surface area contributed by atoms with E-state index in [9.17, 15) is 18.0 Å². The molecular formula is C14H15F3N6O. The summed E-state index contributed by atoms with van der Waals surface area (Å²) in [7, 11) is 1.08. The number of rotatable bonds is 2. The highest BCUT2D eigenvalue weighted by atomic mass is 19.4. The molecule has 1 N–H and O–H groups in total. The molecule has 2 aromatic heterocycles. The Labute approximate surface area is 135 Å². The van der Waals surface area contributed by atoms with Gasteiger partial charge < -0.3 is 0 Å². The Bertz CT molecular complexity index is 799. The maximum Gasteiger partial charge on any atom is 0.435 e. The summed E-state index contributed by atoms with van der Waals surface area (Å²) in [6.45, 7) is 1.80. The van der Waals surface area contributed by atoms with Crippen LogP contribution in [0.2, 0.25) is 0 Å². The molecule has 0 aromatic carbocycles. The molecule has 2 aromatic rings. The molecule has 7 nitrogen and oxygen atoms in total. The van der Waals surface area contributed by atoms with E-state index in [1.807, 2.05) is 0 Å². The monoisotopic (exact) mass is 340 g/mol. The van der Waals surface area contributed by atoms with Crippen LogP contribution in [0.15, 0.2) is 0 Å². The fraction of sp³-hybridized carbons (Fsp3) is 0.500. The lowest BCUT2D eigenvalue weighted by molar-refractivity contribution is -0.144. The third kappa shape index (κ3) is 2.95.